The van der Waals surface area contributed by atoms with Gasteiger partial charge >= 0.3 is 0 Å². The maximum absolute atomic E-state index is 11.3. The third-order valence-corrected chi connectivity index (χ3v) is 2.65. The van der Waals surface area contributed by atoms with Crippen molar-refractivity contribution in [1.82, 2.24) is 4.90 Å². The van der Waals surface area contributed by atoms with Crippen LogP contribution in [-0.4, -0.2) is 48.3 Å². The molecule has 0 aromatic carbocycles. The van der Waals surface area contributed by atoms with Crippen molar-refractivity contribution in [3.63, 3.8) is 0 Å². The Balaban J connectivity index is 2.51. The van der Waals surface area contributed by atoms with Crippen LogP contribution in [0.1, 0.15) is 12.8 Å². The molecule has 0 aromatic rings. The zero-order chi connectivity index (χ0) is 11.3. The molecule has 0 radical (unpaired) electrons. The summed E-state index contributed by atoms with van der Waals surface area (Å²) in [5.41, 5.74) is -0.823. The van der Waals surface area contributed by atoms with Crippen molar-refractivity contribution in [2.45, 2.75) is 18.4 Å². The van der Waals surface area contributed by atoms with Crippen molar-refractivity contribution in [3.05, 3.63) is 0 Å². The van der Waals surface area contributed by atoms with Crippen molar-refractivity contribution in [2.24, 2.45) is 0 Å². The van der Waals surface area contributed by atoms with E-state index in [1.807, 2.05) is 0 Å². The van der Waals surface area contributed by atoms with Gasteiger partial charge in [-0.1, -0.05) is 0 Å². The van der Waals surface area contributed by atoms with Crippen LogP contribution in [0.25, 0.3) is 0 Å². The summed E-state index contributed by atoms with van der Waals surface area (Å²) in [6, 6.07) is 0. The van der Waals surface area contributed by atoms with Gasteiger partial charge in [0.15, 0.2) is 0 Å². The number of hydrogen-bond acceptors (Lipinski definition) is 3. The molecule has 0 atom stereocenters. The van der Waals surface area contributed by atoms with E-state index in [2.05, 4.69) is 26.7 Å². The Kier molecular flexibility index (Phi) is 4.58. The van der Waals surface area contributed by atoms with E-state index in [1.54, 1.807) is 7.05 Å². The molecule has 5 heteroatoms. The molecule has 0 aliphatic carbocycles. The van der Waals surface area contributed by atoms with Gasteiger partial charge in [0.1, 0.15) is 0 Å². The van der Waals surface area contributed by atoms with Crippen LogP contribution in [-0.2, 0) is 9.53 Å². The molecule has 1 amide bonds. The lowest BCUT2D eigenvalue weighted by atomic mass is 9.94. The largest absolute Gasteiger partial charge is 0.388 e. The normalized spacial score (nSPS) is 18.9. The van der Waals surface area contributed by atoms with Gasteiger partial charge in [0.25, 0.3) is 5.91 Å². The van der Waals surface area contributed by atoms with E-state index in [9.17, 15) is 9.90 Å². The first-order valence-electron chi connectivity index (χ1n) is 4.74. The summed E-state index contributed by atoms with van der Waals surface area (Å²) in [7, 11) is 1.63. The van der Waals surface area contributed by atoms with E-state index in [-0.39, 0.29) is 5.91 Å². The third-order valence-electron chi connectivity index (χ3n) is 2.46. The van der Waals surface area contributed by atoms with Gasteiger partial charge in [-0.25, -0.2) is 0 Å². The zero-order valence-electron chi connectivity index (χ0n) is 8.62. The molecule has 0 spiro atoms. The summed E-state index contributed by atoms with van der Waals surface area (Å²) in [6.45, 7) is 1.39. The fourth-order valence-electron chi connectivity index (χ4n) is 1.56. The van der Waals surface area contributed by atoms with Crippen molar-refractivity contribution in [3.8, 4) is 10.8 Å². The smallest absolute Gasteiger partial charge is 0.299 e. The Bertz CT molecular complexity index is 289. The van der Waals surface area contributed by atoms with Crippen LogP contribution in [0.4, 0.5) is 0 Å². The molecule has 1 rings (SSSR count). The number of hydrogen-bond donors (Lipinski definition) is 1. The van der Waals surface area contributed by atoms with E-state index >= 15 is 0 Å². The van der Waals surface area contributed by atoms with Crippen molar-refractivity contribution in [1.29, 1.82) is 0 Å². The van der Waals surface area contributed by atoms with E-state index in [4.69, 9.17) is 4.74 Å². The molecule has 0 unspecified atom stereocenters. The predicted molar refractivity (Wildman–Crippen MR) is 59.3 cm³/mol. The fraction of sp³-hybridized carbons (Fsp3) is 0.700. The lowest BCUT2D eigenvalue weighted by Crippen LogP contribution is -2.47. The minimum atomic E-state index is -0.823. The van der Waals surface area contributed by atoms with Crippen LogP contribution >= 0.6 is 15.9 Å². The van der Waals surface area contributed by atoms with Crippen molar-refractivity contribution < 1.29 is 14.6 Å². The Labute approximate surface area is 97.7 Å². The van der Waals surface area contributed by atoms with Crippen LogP contribution in [0.3, 0.4) is 0 Å². The molecule has 1 aliphatic heterocycles. The summed E-state index contributed by atoms with van der Waals surface area (Å²) in [6.07, 6.45) is 1.12. The van der Waals surface area contributed by atoms with Crippen LogP contribution < -0.4 is 0 Å². The van der Waals surface area contributed by atoms with Gasteiger partial charge in [0, 0.05) is 55.0 Å². The maximum atomic E-state index is 11.3. The second kappa shape index (κ2) is 5.50. The molecule has 0 aromatic heterocycles. The first kappa shape index (κ1) is 12.5. The highest BCUT2D eigenvalue weighted by Crippen LogP contribution is 2.21. The molecule has 4 nitrogen and oxygen atoms in total. The van der Waals surface area contributed by atoms with Gasteiger partial charge in [-0.15, -0.1) is 0 Å². The van der Waals surface area contributed by atoms with Gasteiger partial charge in [-0.3, -0.25) is 4.79 Å². The van der Waals surface area contributed by atoms with E-state index in [1.165, 1.54) is 4.90 Å². The van der Waals surface area contributed by atoms with Crippen molar-refractivity contribution in [2.75, 3.05) is 26.8 Å². The summed E-state index contributed by atoms with van der Waals surface area (Å²) in [4.78, 5) is 15.1. The first-order valence-corrected chi connectivity index (χ1v) is 5.53. The highest BCUT2D eigenvalue weighted by atomic mass is 79.9. The SMILES string of the molecule is CN(CC1(O)CCOCC1)C(=O)C#CBr. The number of likely N-dealkylation sites (N-methyl/N-ethyl adjacent to an activating group) is 1. The summed E-state index contributed by atoms with van der Waals surface area (Å²) in [5, 5.41) is 10.1. The molecule has 1 N–H and O–H groups in total. The molecule has 1 aliphatic rings. The molecular weight excluding hydrogens is 262 g/mol. The number of ether oxygens (including phenoxy) is 1. The average molecular weight is 276 g/mol. The lowest BCUT2D eigenvalue weighted by molar-refractivity contribution is -0.130. The quantitative estimate of drug-likeness (QED) is 0.740. The molecule has 1 heterocycles. The lowest BCUT2D eigenvalue weighted by Gasteiger charge is -2.34. The summed E-state index contributed by atoms with van der Waals surface area (Å²) >= 11 is 2.87. The summed E-state index contributed by atoms with van der Waals surface area (Å²) < 4.78 is 5.16. The van der Waals surface area contributed by atoms with Crippen LogP contribution in [0.15, 0.2) is 0 Å². The minimum Gasteiger partial charge on any atom is -0.388 e. The molecule has 84 valence electrons. The van der Waals surface area contributed by atoms with Crippen LogP contribution in [0.2, 0.25) is 0 Å². The Morgan fingerprint density at radius 2 is 2.20 bits per heavy atom. The Morgan fingerprint density at radius 1 is 1.60 bits per heavy atom. The van der Waals surface area contributed by atoms with Gasteiger partial charge < -0.3 is 14.7 Å². The molecule has 0 bridgehead atoms. The Hall–Kier alpha value is -0.570. The molecule has 1 fully saturated rings. The zero-order valence-corrected chi connectivity index (χ0v) is 10.2. The highest BCUT2D eigenvalue weighted by Gasteiger charge is 2.31. The van der Waals surface area contributed by atoms with Gasteiger partial charge in [-0.2, -0.15) is 0 Å². The first-order chi connectivity index (χ1) is 7.07. The highest BCUT2D eigenvalue weighted by molar-refractivity contribution is 9.12. The molecule has 0 saturated carbocycles. The van der Waals surface area contributed by atoms with E-state index in [0.29, 0.717) is 32.6 Å². The second-order valence-corrected chi connectivity index (χ2v) is 4.11. The topological polar surface area (TPSA) is 49.8 Å². The van der Waals surface area contributed by atoms with Gasteiger partial charge in [0.2, 0.25) is 0 Å². The van der Waals surface area contributed by atoms with Gasteiger partial charge in [0.05, 0.1) is 12.1 Å². The molecular formula is C10H14BrNO3. The van der Waals surface area contributed by atoms with Crippen LogP contribution in [0, 0.1) is 10.8 Å². The standard InChI is InChI=1S/C10H14BrNO3/c1-12(9(13)2-5-11)8-10(14)3-6-15-7-4-10/h14H,3-4,6-8H2,1H3. The minimum absolute atomic E-state index is 0.299. The molecule has 15 heavy (non-hydrogen) atoms. The predicted octanol–water partition coefficient (Wildman–Crippen LogP) is 0.342. The number of amides is 1. The monoisotopic (exact) mass is 275 g/mol. The second-order valence-electron chi connectivity index (χ2n) is 3.72. The van der Waals surface area contributed by atoms with E-state index in [0.717, 1.165) is 0 Å². The third kappa shape index (κ3) is 3.82. The maximum Gasteiger partial charge on any atom is 0.299 e. The number of aliphatic hydroxyl groups is 1. The Morgan fingerprint density at radius 3 is 2.73 bits per heavy atom. The number of rotatable bonds is 2. The fourth-order valence-corrected chi connectivity index (χ4v) is 1.73. The van der Waals surface area contributed by atoms with E-state index < -0.39 is 5.60 Å². The molecule has 1 saturated heterocycles. The number of carbonyl (C=O) groups excluding carboxylic acids is 1. The summed E-state index contributed by atoms with van der Waals surface area (Å²) in [5.74, 6) is 2.06. The average Bonchev–Trinajstić information content (AvgIpc) is 2.18. The van der Waals surface area contributed by atoms with Crippen molar-refractivity contribution >= 4 is 21.8 Å². The number of halogens is 1. The van der Waals surface area contributed by atoms with Crippen LogP contribution in [0.5, 0.6) is 0 Å². The number of carbonyl (C=O) groups is 1. The number of nitrogens with zero attached hydrogens (tertiary/aromatic N) is 1. The van der Waals surface area contributed by atoms with Gasteiger partial charge in [-0.05, 0) is 4.83 Å².